The van der Waals surface area contributed by atoms with Crippen LogP contribution in [0, 0.1) is 10.8 Å². The number of carboxylic acid groups (broad SMARTS) is 1. The normalized spacial score (nSPS) is 11.0. The fraction of sp³-hybridized carbons (Fsp3) is 0.341. The van der Waals surface area contributed by atoms with Crippen LogP contribution in [0.1, 0.15) is 90.5 Å². The van der Waals surface area contributed by atoms with Crippen LogP contribution in [-0.4, -0.2) is 58.6 Å². The smallest absolute Gasteiger partial charge is 0.412 e. The van der Waals surface area contributed by atoms with Gasteiger partial charge in [-0.05, 0) is 69.3 Å². The summed E-state index contributed by atoms with van der Waals surface area (Å²) < 4.78 is 17.9. The van der Waals surface area contributed by atoms with Crippen LogP contribution in [0.25, 0.3) is 16.7 Å². The Bertz CT molecular complexity index is 2120. The minimum atomic E-state index is -0.606. The molecule has 1 aromatic heterocycles. The SMILES string of the molecule is C.COc1ccc(C(=O)C(C)(C)C)c(-n2cnc3ccccc32)c1.COc1ccc(C(=O)C(C)(C)C)c(Nc2ccccc2NC(=O)OC(C)(C)C)c1.O=CO. The highest BCUT2D eigenvalue weighted by atomic mass is 16.6. The fourth-order valence-electron chi connectivity index (χ4n) is 5.20. The van der Waals surface area contributed by atoms with E-state index in [1.807, 2.05) is 107 Å². The third-order valence-corrected chi connectivity index (χ3v) is 7.83. The number of ketones is 2. The number of aromatic nitrogens is 2. The predicted molar refractivity (Wildman–Crippen MR) is 223 cm³/mol. The molecule has 300 valence electrons. The third kappa shape index (κ3) is 12.4. The van der Waals surface area contributed by atoms with Crippen LogP contribution >= 0.6 is 0 Å². The van der Waals surface area contributed by atoms with Gasteiger partial charge in [-0.1, -0.05) is 73.2 Å². The average Bonchev–Trinajstić information content (AvgIpc) is 3.55. The number of para-hydroxylation sites is 4. The topological polar surface area (TPSA) is 158 Å². The Labute approximate surface area is 330 Å². The summed E-state index contributed by atoms with van der Waals surface area (Å²) in [5.41, 5.74) is 4.03. The van der Waals surface area contributed by atoms with Crippen LogP contribution in [0.15, 0.2) is 91.3 Å². The summed E-state index contributed by atoms with van der Waals surface area (Å²) in [5.74, 6) is 1.42. The Morgan fingerprint density at radius 2 is 1.20 bits per heavy atom. The van der Waals surface area contributed by atoms with Crippen molar-refractivity contribution < 1.29 is 38.5 Å². The van der Waals surface area contributed by atoms with Gasteiger partial charge < -0.3 is 24.6 Å². The van der Waals surface area contributed by atoms with E-state index in [0.717, 1.165) is 16.7 Å². The molecule has 0 aliphatic carbocycles. The number of methoxy groups -OCH3 is 2. The number of rotatable bonds is 8. The van der Waals surface area contributed by atoms with Gasteiger partial charge in [-0.25, -0.2) is 9.78 Å². The number of imidazole rings is 1. The first-order chi connectivity index (χ1) is 25.7. The van der Waals surface area contributed by atoms with Crippen LogP contribution in [0.5, 0.6) is 11.5 Å². The monoisotopic (exact) mass is 768 g/mol. The Morgan fingerprint density at radius 3 is 1.75 bits per heavy atom. The number of nitrogens with one attached hydrogen (secondary N) is 2. The van der Waals surface area contributed by atoms with Gasteiger partial charge in [-0.3, -0.25) is 24.3 Å². The molecular formula is C44H56N4O8. The summed E-state index contributed by atoms with van der Waals surface area (Å²) >= 11 is 0. The van der Waals surface area contributed by atoms with Crippen molar-refractivity contribution in [2.75, 3.05) is 24.9 Å². The number of carbonyl (C=O) groups is 4. The van der Waals surface area contributed by atoms with E-state index in [-0.39, 0.29) is 25.5 Å². The molecule has 0 aliphatic heterocycles. The molecule has 0 aliphatic rings. The zero-order valence-corrected chi connectivity index (χ0v) is 33.4. The molecule has 0 saturated heterocycles. The van der Waals surface area contributed by atoms with E-state index in [1.54, 1.807) is 65.6 Å². The van der Waals surface area contributed by atoms with Gasteiger partial charge in [-0.15, -0.1) is 0 Å². The first kappa shape index (κ1) is 46.0. The number of Topliss-reactive ketones (excluding diaryl/α,β-unsaturated/α-hetero) is 2. The maximum atomic E-state index is 12.9. The number of anilines is 3. The van der Waals surface area contributed by atoms with Gasteiger partial charge in [0.15, 0.2) is 11.6 Å². The first-order valence-electron chi connectivity index (χ1n) is 17.6. The summed E-state index contributed by atoms with van der Waals surface area (Å²) in [5, 5.41) is 12.9. The molecule has 0 bridgehead atoms. The van der Waals surface area contributed by atoms with Crippen molar-refractivity contribution in [1.82, 2.24) is 9.55 Å². The van der Waals surface area contributed by atoms with Crippen molar-refractivity contribution in [3.63, 3.8) is 0 Å². The van der Waals surface area contributed by atoms with E-state index in [4.69, 9.17) is 24.1 Å². The Balaban J connectivity index is 0.000000362. The molecular weight excluding hydrogens is 713 g/mol. The maximum Gasteiger partial charge on any atom is 0.412 e. The lowest BCUT2D eigenvalue weighted by atomic mass is 9.85. The molecule has 12 nitrogen and oxygen atoms in total. The standard InChI is InChI=1S/C23H30N2O4.C19H20N2O2.CH2O2.CH4/c1-22(2,3)20(26)16-13-12-15(28-7)14-19(16)24-17-10-8-9-11-18(17)25-21(27)29-23(4,5)6;1-19(2,3)18(22)14-10-9-13(23-4)11-17(14)21-12-20-15-7-5-6-8-16(15)21;2-1-3;/h8-14,24H,1-7H3,(H,25,27);5-12H,1-4H3;1H,(H,2,3);1H4. The quantitative estimate of drug-likeness (QED) is 0.102. The van der Waals surface area contributed by atoms with Gasteiger partial charge in [0.2, 0.25) is 0 Å². The van der Waals surface area contributed by atoms with Crippen LogP contribution < -0.4 is 20.1 Å². The zero-order valence-electron chi connectivity index (χ0n) is 33.4. The lowest BCUT2D eigenvalue weighted by molar-refractivity contribution is -0.122. The summed E-state index contributed by atoms with van der Waals surface area (Å²) in [6, 6.07) is 25.9. The highest BCUT2D eigenvalue weighted by Gasteiger charge is 2.27. The largest absolute Gasteiger partial charge is 0.497 e. The molecule has 3 N–H and O–H groups in total. The van der Waals surface area contributed by atoms with E-state index in [9.17, 15) is 14.4 Å². The van der Waals surface area contributed by atoms with E-state index in [1.165, 1.54) is 0 Å². The van der Waals surface area contributed by atoms with E-state index >= 15 is 0 Å². The molecule has 0 fully saturated rings. The van der Waals surface area contributed by atoms with Crippen LogP contribution in [0.4, 0.5) is 21.9 Å². The Kier molecular flexibility index (Phi) is 16.0. The maximum absolute atomic E-state index is 12.9. The molecule has 0 unspecified atom stereocenters. The number of hydrogen-bond donors (Lipinski definition) is 3. The second kappa shape index (κ2) is 19.4. The van der Waals surface area contributed by atoms with E-state index < -0.39 is 22.5 Å². The number of carbonyl (C=O) groups excluding carboxylic acids is 3. The summed E-state index contributed by atoms with van der Waals surface area (Å²) in [6.45, 7) is 16.6. The molecule has 0 atom stereocenters. The number of fused-ring (bicyclic) bond motifs is 1. The van der Waals surface area contributed by atoms with E-state index in [2.05, 4.69) is 15.6 Å². The third-order valence-electron chi connectivity index (χ3n) is 7.83. The number of hydrogen-bond acceptors (Lipinski definition) is 9. The molecule has 5 aromatic rings. The molecule has 4 aromatic carbocycles. The molecule has 1 amide bonds. The second-order valence-corrected chi connectivity index (χ2v) is 15.5. The first-order valence-corrected chi connectivity index (χ1v) is 17.6. The summed E-state index contributed by atoms with van der Waals surface area (Å²) in [4.78, 5) is 50.8. The lowest BCUT2D eigenvalue weighted by Crippen LogP contribution is -2.27. The van der Waals surface area contributed by atoms with Gasteiger partial charge in [0.1, 0.15) is 23.4 Å². The van der Waals surface area contributed by atoms with Crippen LogP contribution in [0.3, 0.4) is 0 Å². The van der Waals surface area contributed by atoms with E-state index in [0.29, 0.717) is 39.7 Å². The molecule has 0 spiro atoms. The van der Waals surface area contributed by atoms with Crippen LogP contribution in [-0.2, 0) is 9.53 Å². The summed E-state index contributed by atoms with van der Waals surface area (Å²) in [7, 11) is 3.19. The van der Waals surface area contributed by atoms with Crippen molar-refractivity contribution >= 4 is 52.2 Å². The Hall–Kier alpha value is -6.17. The van der Waals surface area contributed by atoms with Gasteiger partial charge >= 0.3 is 6.09 Å². The van der Waals surface area contributed by atoms with Gasteiger partial charge in [0.05, 0.1) is 48.0 Å². The van der Waals surface area contributed by atoms with Gasteiger partial charge in [-0.2, -0.15) is 0 Å². The number of benzene rings is 4. The molecule has 56 heavy (non-hydrogen) atoms. The number of amides is 1. The fourth-order valence-corrected chi connectivity index (χ4v) is 5.20. The number of ether oxygens (including phenoxy) is 3. The molecule has 0 radical (unpaired) electrons. The predicted octanol–water partition coefficient (Wildman–Crippen LogP) is 10.6. The van der Waals surface area contributed by atoms with Crippen molar-refractivity contribution in [2.45, 2.75) is 75.3 Å². The van der Waals surface area contributed by atoms with Crippen molar-refractivity contribution in [2.24, 2.45) is 10.8 Å². The Morgan fingerprint density at radius 1 is 0.696 bits per heavy atom. The minimum Gasteiger partial charge on any atom is -0.497 e. The second-order valence-electron chi connectivity index (χ2n) is 15.5. The van der Waals surface area contributed by atoms with Crippen molar-refractivity contribution in [1.29, 1.82) is 0 Å². The van der Waals surface area contributed by atoms with Gasteiger partial charge in [0.25, 0.3) is 6.47 Å². The highest BCUT2D eigenvalue weighted by molar-refractivity contribution is 6.06. The minimum absolute atomic E-state index is 0. The van der Waals surface area contributed by atoms with Crippen molar-refractivity contribution in [3.8, 4) is 17.2 Å². The van der Waals surface area contributed by atoms with Gasteiger partial charge in [0, 0.05) is 34.1 Å². The van der Waals surface area contributed by atoms with Crippen LogP contribution in [0.2, 0.25) is 0 Å². The molecule has 0 saturated carbocycles. The summed E-state index contributed by atoms with van der Waals surface area (Å²) in [6.07, 6.45) is 1.20. The average molecular weight is 769 g/mol. The molecule has 5 rings (SSSR count). The highest BCUT2D eigenvalue weighted by Crippen LogP contribution is 2.34. The zero-order chi connectivity index (χ0) is 41.1. The molecule has 12 heteroatoms. The number of nitrogens with zero attached hydrogens (tertiary/aromatic N) is 2. The lowest BCUT2D eigenvalue weighted by Gasteiger charge is -2.22. The molecule has 1 heterocycles. The van der Waals surface area contributed by atoms with Crippen molar-refractivity contribution in [3.05, 3.63) is 102 Å².